The average Bonchev–Trinajstić information content (AvgIpc) is 3.27. The van der Waals surface area contributed by atoms with Crippen LogP contribution in [-0.4, -0.2) is 51.9 Å². The van der Waals surface area contributed by atoms with Gasteiger partial charge in [-0.15, -0.1) is 11.3 Å². The van der Waals surface area contributed by atoms with E-state index in [0.717, 1.165) is 30.8 Å². The number of rotatable bonds is 10. The van der Waals surface area contributed by atoms with Crippen LogP contribution in [0, 0.1) is 6.92 Å². The highest BCUT2D eigenvalue weighted by molar-refractivity contribution is 7.14. The number of nitrogens with zero attached hydrogens (tertiary/aromatic N) is 4. The Kier molecular flexibility index (Phi) is 8.56. The summed E-state index contributed by atoms with van der Waals surface area (Å²) in [6.45, 7) is 8.75. The van der Waals surface area contributed by atoms with E-state index in [1.165, 1.54) is 11.3 Å². The maximum absolute atomic E-state index is 13.5. The lowest BCUT2D eigenvalue weighted by atomic mass is 10.1. The fourth-order valence-corrected chi connectivity index (χ4v) is 3.95. The minimum absolute atomic E-state index is 0.133. The topological polar surface area (TPSA) is 83.0 Å². The lowest BCUT2D eigenvalue weighted by Gasteiger charge is -2.18. The van der Waals surface area contributed by atoms with Crippen molar-refractivity contribution in [2.75, 3.05) is 31.5 Å². The molecule has 2 aromatic heterocycles. The van der Waals surface area contributed by atoms with Crippen molar-refractivity contribution >= 4 is 28.3 Å². The van der Waals surface area contributed by atoms with Crippen LogP contribution in [-0.2, 0) is 6.18 Å². The van der Waals surface area contributed by atoms with Crippen LogP contribution in [0.25, 0.3) is 11.3 Å². The summed E-state index contributed by atoms with van der Waals surface area (Å²) in [5.41, 5.74) is 0.842. The highest BCUT2D eigenvalue weighted by Gasteiger charge is 2.37. The van der Waals surface area contributed by atoms with E-state index in [4.69, 9.17) is 0 Å². The highest BCUT2D eigenvalue weighted by atomic mass is 32.1. The Morgan fingerprint density at radius 2 is 1.82 bits per heavy atom. The van der Waals surface area contributed by atoms with Crippen LogP contribution < -0.4 is 10.6 Å². The first-order valence-corrected chi connectivity index (χ1v) is 11.8. The second kappa shape index (κ2) is 11.4. The van der Waals surface area contributed by atoms with Gasteiger partial charge in [0.05, 0.1) is 5.69 Å². The van der Waals surface area contributed by atoms with E-state index in [-0.39, 0.29) is 12.5 Å². The molecule has 11 heteroatoms. The van der Waals surface area contributed by atoms with E-state index in [1.807, 2.05) is 50.4 Å². The van der Waals surface area contributed by atoms with Crippen LogP contribution in [0.5, 0.6) is 0 Å². The number of anilines is 2. The fourth-order valence-electron chi connectivity index (χ4n) is 3.23. The van der Waals surface area contributed by atoms with Crippen molar-refractivity contribution in [3.8, 4) is 11.3 Å². The molecular weight excluding hydrogens is 465 g/mol. The Morgan fingerprint density at radius 3 is 2.47 bits per heavy atom. The minimum Gasteiger partial charge on any atom is -0.351 e. The van der Waals surface area contributed by atoms with E-state index in [2.05, 4.69) is 30.5 Å². The van der Waals surface area contributed by atoms with E-state index >= 15 is 0 Å². The molecule has 0 aliphatic heterocycles. The van der Waals surface area contributed by atoms with Crippen molar-refractivity contribution in [1.29, 1.82) is 0 Å². The summed E-state index contributed by atoms with van der Waals surface area (Å²) in [5, 5.41) is 7.57. The quantitative estimate of drug-likeness (QED) is 0.382. The molecule has 0 radical (unpaired) electrons. The number of carbonyl (C=O) groups is 1. The second-order valence-electron chi connectivity index (χ2n) is 7.62. The molecule has 182 valence electrons. The smallest absolute Gasteiger partial charge is 0.351 e. The van der Waals surface area contributed by atoms with Crippen molar-refractivity contribution in [2.24, 2.45) is 0 Å². The zero-order valence-electron chi connectivity index (χ0n) is 19.2. The lowest BCUT2D eigenvalue weighted by Crippen LogP contribution is -2.31. The van der Waals surface area contributed by atoms with Crippen molar-refractivity contribution in [3.63, 3.8) is 0 Å². The van der Waals surface area contributed by atoms with Gasteiger partial charge in [0.25, 0.3) is 5.91 Å². The molecule has 2 N–H and O–H groups in total. The van der Waals surface area contributed by atoms with Gasteiger partial charge in [0.15, 0.2) is 5.13 Å². The van der Waals surface area contributed by atoms with Crippen LogP contribution in [0.1, 0.15) is 41.9 Å². The number of amides is 1. The first-order chi connectivity index (χ1) is 16.2. The summed E-state index contributed by atoms with van der Waals surface area (Å²) in [5.74, 6) is -1.03. The molecule has 0 atom stereocenters. The molecular formula is C23H27F3N6OS. The van der Waals surface area contributed by atoms with Gasteiger partial charge in [0.2, 0.25) is 5.95 Å². The van der Waals surface area contributed by atoms with Crippen molar-refractivity contribution in [3.05, 3.63) is 52.7 Å². The molecule has 3 aromatic rings. The van der Waals surface area contributed by atoms with Crippen molar-refractivity contribution in [1.82, 2.24) is 25.2 Å². The summed E-state index contributed by atoms with van der Waals surface area (Å²) < 4.78 is 40.4. The number of hydrogen-bond acceptors (Lipinski definition) is 7. The first-order valence-electron chi connectivity index (χ1n) is 11.0. The molecule has 1 amide bonds. The summed E-state index contributed by atoms with van der Waals surface area (Å²) >= 11 is 1.26. The largest absolute Gasteiger partial charge is 0.420 e. The van der Waals surface area contributed by atoms with Crippen LogP contribution in [0.2, 0.25) is 0 Å². The zero-order valence-corrected chi connectivity index (χ0v) is 20.1. The number of benzene rings is 1. The van der Waals surface area contributed by atoms with E-state index in [1.54, 1.807) is 0 Å². The number of thiazole rings is 1. The summed E-state index contributed by atoms with van der Waals surface area (Å²) in [4.78, 5) is 26.8. The summed E-state index contributed by atoms with van der Waals surface area (Å²) in [6.07, 6.45) is -3.52. The molecule has 0 bridgehead atoms. The fraction of sp³-hybridized carbons (Fsp3) is 0.391. The standard InChI is InChI=1S/C23H27F3N6OS/c1-4-32(5-2)12-6-11-27-20(33)19-17(23(24,25)26)13-28-21(30-19)31-22-29-18(14-34-22)16-9-7-15(3)8-10-16/h7-10,13-14H,4-6,11-12H2,1-3H3,(H,27,33)(H,28,29,30,31). The SMILES string of the molecule is CCN(CC)CCCNC(=O)c1nc(Nc2nc(-c3ccc(C)cc3)cs2)ncc1C(F)(F)F. The van der Waals surface area contributed by atoms with Crippen LogP contribution in [0.15, 0.2) is 35.8 Å². The molecule has 0 aliphatic carbocycles. The maximum Gasteiger partial charge on any atom is 0.420 e. The highest BCUT2D eigenvalue weighted by Crippen LogP contribution is 2.32. The van der Waals surface area contributed by atoms with Gasteiger partial charge in [0, 0.05) is 23.7 Å². The van der Waals surface area contributed by atoms with Gasteiger partial charge in [-0.1, -0.05) is 43.7 Å². The van der Waals surface area contributed by atoms with Gasteiger partial charge >= 0.3 is 6.18 Å². The Balaban J connectivity index is 1.74. The molecule has 0 unspecified atom stereocenters. The molecule has 34 heavy (non-hydrogen) atoms. The third-order valence-electron chi connectivity index (χ3n) is 5.21. The van der Waals surface area contributed by atoms with Crippen LogP contribution in [0.4, 0.5) is 24.3 Å². The van der Waals surface area contributed by atoms with Gasteiger partial charge in [-0.3, -0.25) is 4.79 Å². The van der Waals surface area contributed by atoms with Gasteiger partial charge in [0.1, 0.15) is 11.3 Å². The van der Waals surface area contributed by atoms with E-state index in [9.17, 15) is 18.0 Å². The number of hydrogen-bond donors (Lipinski definition) is 2. The predicted molar refractivity (Wildman–Crippen MR) is 127 cm³/mol. The molecule has 0 spiro atoms. The van der Waals surface area contributed by atoms with Crippen LogP contribution in [0.3, 0.4) is 0 Å². The number of aromatic nitrogens is 3. The normalized spacial score (nSPS) is 11.6. The number of alkyl halides is 3. The summed E-state index contributed by atoms with van der Waals surface area (Å²) in [6, 6.07) is 7.80. The third kappa shape index (κ3) is 6.73. The number of carbonyl (C=O) groups excluding carboxylic acids is 1. The molecule has 0 aliphatic rings. The van der Waals surface area contributed by atoms with E-state index < -0.39 is 23.3 Å². The zero-order chi connectivity index (χ0) is 24.7. The lowest BCUT2D eigenvalue weighted by molar-refractivity contribution is -0.138. The van der Waals surface area contributed by atoms with Crippen LogP contribution >= 0.6 is 11.3 Å². The van der Waals surface area contributed by atoms with Crippen molar-refractivity contribution in [2.45, 2.75) is 33.4 Å². The molecule has 0 fully saturated rings. The molecule has 0 saturated carbocycles. The predicted octanol–water partition coefficient (Wildman–Crippen LogP) is 5.13. The number of nitrogens with one attached hydrogen (secondary N) is 2. The molecule has 1 aromatic carbocycles. The van der Waals surface area contributed by atoms with Gasteiger partial charge in [-0.2, -0.15) is 13.2 Å². The van der Waals surface area contributed by atoms with Gasteiger partial charge in [-0.25, -0.2) is 15.0 Å². The molecule has 0 saturated heterocycles. The number of halogens is 3. The molecule has 2 heterocycles. The molecule has 3 rings (SSSR count). The Labute approximate surface area is 200 Å². The molecule has 7 nitrogen and oxygen atoms in total. The minimum atomic E-state index is -4.76. The summed E-state index contributed by atoms with van der Waals surface area (Å²) in [7, 11) is 0. The van der Waals surface area contributed by atoms with Gasteiger partial charge < -0.3 is 15.5 Å². The Morgan fingerprint density at radius 1 is 1.12 bits per heavy atom. The number of aryl methyl sites for hydroxylation is 1. The second-order valence-corrected chi connectivity index (χ2v) is 8.48. The Hall–Kier alpha value is -3.05. The van der Waals surface area contributed by atoms with E-state index in [0.29, 0.717) is 23.4 Å². The third-order valence-corrected chi connectivity index (χ3v) is 5.97. The monoisotopic (exact) mass is 492 g/mol. The van der Waals surface area contributed by atoms with Gasteiger partial charge in [-0.05, 0) is 33.0 Å². The Bertz CT molecular complexity index is 1100. The average molecular weight is 493 g/mol. The van der Waals surface area contributed by atoms with Crippen molar-refractivity contribution < 1.29 is 18.0 Å². The first kappa shape index (κ1) is 25.6. The maximum atomic E-state index is 13.5.